The molecule has 1 fully saturated rings. The van der Waals surface area contributed by atoms with Crippen LogP contribution in [0, 0.1) is 0 Å². The van der Waals surface area contributed by atoms with Gasteiger partial charge in [-0.15, -0.1) is 0 Å². The Morgan fingerprint density at radius 3 is 2.62 bits per heavy atom. The molecule has 1 aliphatic carbocycles. The molecular weight excluding hydrogens is 322 g/mol. The molecule has 0 spiro atoms. The highest BCUT2D eigenvalue weighted by atomic mass is 32.2. The van der Waals surface area contributed by atoms with Crippen molar-refractivity contribution in [2.45, 2.75) is 24.5 Å². The molecule has 1 heterocycles. The molecule has 1 saturated carbocycles. The van der Waals surface area contributed by atoms with Gasteiger partial charge in [-0.25, -0.2) is 13.4 Å². The fourth-order valence-electron chi connectivity index (χ4n) is 3.00. The summed E-state index contributed by atoms with van der Waals surface area (Å²) in [5.74, 6) is 1.61. The van der Waals surface area contributed by atoms with Crippen molar-refractivity contribution in [1.82, 2.24) is 9.55 Å². The van der Waals surface area contributed by atoms with Crippen LogP contribution < -0.4 is 4.72 Å². The third-order valence-corrected chi connectivity index (χ3v) is 5.59. The van der Waals surface area contributed by atoms with Crippen molar-refractivity contribution in [1.29, 1.82) is 0 Å². The predicted molar refractivity (Wildman–Crippen MR) is 95.4 cm³/mol. The highest BCUT2D eigenvalue weighted by molar-refractivity contribution is 7.91. The van der Waals surface area contributed by atoms with Gasteiger partial charge in [0.15, 0.2) is 0 Å². The first-order valence-corrected chi connectivity index (χ1v) is 9.68. The van der Waals surface area contributed by atoms with Crippen LogP contribution in [-0.4, -0.2) is 18.0 Å². The number of benzene rings is 2. The lowest BCUT2D eigenvalue weighted by atomic mass is 10.2. The molecule has 0 amide bonds. The molecule has 0 radical (unpaired) electrons. The van der Waals surface area contributed by atoms with Crippen LogP contribution in [0.25, 0.3) is 11.0 Å². The van der Waals surface area contributed by atoms with Gasteiger partial charge >= 0.3 is 0 Å². The summed E-state index contributed by atoms with van der Waals surface area (Å²) in [5.41, 5.74) is 3.18. The van der Waals surface area contributed by atoms with Crippen molar-refractivity contribution in [2.24, 2.45) is 7.05 Å². The summed E-state index contributed by atoms with van der Waals surface area (Å²) < 4.78 is 29.5. The summed E-state index contributed by atoms with van der Waals surface area (Å²) in [6.45, 7) is 0. The zero-order valence-electron chi connectivity index (χ0n) is 13.4. The smallest absolute Gasteiger partial charge is 0.236 e. The van der Waals surface area contributed by atoms with Crippen LogP contribution in [0.3, 0.4) is 0 Å². The Hall–Kier alpha value is -2.34. The maximum atomic E-state index is 12.4. The molecule has 5 nitrogen and oxygen atoms in total. The number of fused-ring (bicyclic) bond motifs is 1. The van der Waals surface area contributed by atoms with Crippen LogP contribution in [0.4, 0.5) is 5.69 Å². The van der Waals surface area contributed by atoms with E-state index in [0.29, 0.717) is 11.6 Å². The summed E-state index contributed by atoms with van der Waals surface area (Å²) >= 11 is 0. The maximum Gasteiger partial charge on any atom is 0.236 e. The second-order valence-electron chi connectivity index (χ2n) is 6.35. The van der Waals surface area contributed by atoms with Gasteiger partial charge in [0.05, 0.1) is 22.5 Å². The van der Waals surface area contributed by atoms with Gasteiger partial charge in [0, 0.05) is 13.0 Å². The number of sulfonamides is 1. The van der Waals surface area contributed by atoms with Gasteiger partial charge in [0.2, 0.25) is 10.0 Å². The van der Waals surface area contributed by atoms with Crippen LogP contribution in [0.2, 0.25) is 0 Å². The second kappa shape index (κ2) is 5.63. The Balaban J connectivity index is 1.60. The van der Waals surface area contributed by atoms with Gasteiger partial charge in [-0.1, -0.05) is 30.3 Å². The Morgan fingerprint density at radius 1 is 1.17 bits per heavy atom. The Kier molecular flexibility index (Phi) is 3.57. The molecule has 3 aromatic rings. The minimum Gasteiger partial charge on any atom is -0.331 e. The van der Waals surface area contributed by atoms with E-state index in [1.54, 1.807) is 6.07 Å². The van der Waals surface area contributed by atoms with E-state index in [2.05, 4.69) is 14.3 Å². The van der Waals surface area contributed by atoms with Crippen LogP contribution in [0.1, 0.15) is 30.1 Å². The van der Waals surface area contributed by atoms with Crippen LogP contribution in [0.5, 0.6) is 0 Å². The maximum absolute atomic E-state index is 12.4. The van der Waals surface area contributed by atoms with E-state index < -0.39 is 10.0 Å². The summed E-state index contributed by atoms with van der Waals surface area (Å²) in [7, 11) is -1.43. The first-order chi connectivity index (χ1) is 11.5. The number of nitrogens with one attached hydrogen (secondary N) is 1. The molecule has 2 aromatic carbocycles. The lowest BCUT2D eigenvalue weighted by Gasteiger charge is -2.08. The number of imidazole rings is 1. The monoisotopic (exact) mass is 341 g/mol. The van der Waals surface area contributed by atoms with E-state index >= 15 is 0 Å². The molecule has 124 valence electrons. The number of hydrogen-bond donors (Lipinski definition) is 1. The topological polar surface area (TPSA) is 64.0 Å². The number of aryl methyl sites for hydroxylation is 1. The Labute approximate surface area is 141 Å². The zero-order chi connectivity index (χ0) is 16.7. The predicted octanol–water partition coefficient (Wildman–Crippen LogP) is 3.39. The van der Waals surface area contributed by atoms with Crippen molar-refractivity contribution in [3.63, 3.8) is 0 Å². The van der Waals surface area contributed by atoms with E-state index in [-0.39, 0.29) is 5.75 Å². The van der Waals surface area contributed by atoms with Crippen LogP contribution in [0.15, 0.2) is 48.5 Å². The van der Waals surface area contributed by atoms with E-state index in [9.17, 15) is 8.42 Å². The molecule has 4 rings (SSSR count). The number of anilines is 1. The molecule has 1 N–H and O–H groups in total. The van der Waals surface area contributed by atoms with E-state index in [0.717, 1.165) is 22.4 Å². The standard InChI is InChI=1S/C18H19N3O2S/c1-21-17-10-9-15(11-16(17)19-18(21)14-7-8-14)20-24(22,23)12-13-5-3-2-4-6-13/h2-6,9-11,14,20H,7-8,12H2,1H3. The normalized spacial score (nSPS) is 14.9. The summed E-state index contributed by atoms with van der Waals surface area (Å²) in [6.07, 6.45) is 2.38. The zero-order valence-corrected chi connectivity index (χ0v) is 14.3. The number of hydrogen-bond acceptors (Lipinski definition) is 3. The van der Waals surface area contributed by atoms with Crippen molar-refractivity contribution in [3.8, 4) is 0 Å². The largest absolute Gasteiger partial charge is 0.331 e. The van der Waals surface area contributed by atoms with E-state index in [1.165, 1.54) is 12.8 Å². The SMILES string of the molecule is Cn1c(C2CC2)nc2cc(NS(=O)(=O)Cc3ccccc3)ccc21. The molecule has 0 bridgehead atoms. The molecule has 0 unspecified atom stereocenters. The summed E-state index contributed by atoms with van der Waals surface area (Å²) in [5, 5.41) is 0. The highest BCUT2D eigenvalue weighted by Gasteiger charge is 2.28. The Bertz CT molecular complexity index is 990. The lowest BCUT2D eigenvalue weighted by molar-refractivity contribution is 0.600. The average Bonchev–Trinajstić information content (AvgIpc) is 3.32. The molecule has 6 heteroatoms. The first-order valence-electron chi connectivity index (χ1n) is 8.03. The van der Waals surface area contributed by atoms with Crippen LogP contribution in [-0.2, 0) is 22.8 Å². The fourth-order valence-corrected chi connectivity index (χ4v) is 4.19. The number of nitrogens with zero attached hydrogens (tertiary/aromatic N) is 2. The van der Waals surface area contributed by atoms with Crippen molar-refractivity contribution in [3.05, 3.63) is 59.9 Å². The van der Waals surface area contributed by atoms with Gasteiger partial charge < -0.3 is 4.57 Å². The third kappa shape index (κ3) is 3.01. The highest BCUT2D eigenvalue weighted by Crippen LogP contribution is 2.40. The summed E-state index contributed by atoms with van der Waals surface area (Å²) in [4.78, 5) is 4.68. The minimum absolute atomic E-state index is 0.0403. The Morgan fingerprint density at radius 2 is 1.92 bits per heavy atom. The summed E-state index contributed by atoms with van der Waals surface area (Å²) in [6, 6.07) is 14.7. The fraction of sp³-hybridized carbons (Fsp3) is 0.278. The van der Waals surface area contributed by atoms with E-state index in [4.69, 9.17) is 0 Å². The van der Waals surface area contributed by atoms with Crippen molar-refractivity contribution in [2.75, 3.05) is 4.72 Å². The lowest BCUT2D eigenvalue weighted by Crippen LogP contribution is -2.15. The molecule has 0 atom stereocenters. The average molecular weight is 341 g/mol. The number of rotatable bonds is 5. The third-order valence-electron chi connectivity index (χ3n) is 4.33. The van der Waals surface area contributed by atoms with Gasteiger partial charge in [-0.2, -0.15) is 0 Å². The molecule has 1 aromatic heterocycles. The van der Waals surface area contributed by atoms with Gasteiger partial charge in [0.1, 0.15) is 5.82 Å². The molecule has 24 heavy (non-hydrogen) atoms. The van der Waals surface area contributed by atoms with Crippen LogP contribution >= 0.6 is 0 Å². The second-order valence-corrected chi connectivity index (χ2v) is 8.08. The molecule has 0 saturated heterocycles. The molecule has 0 aliphatic heterocycles. The molecule has 1 aliphatic rings. The first kappa shape index (κ1) is 15.2. The number of aromatic nitrogens is 2. The molecular formula is C18H19N3O2S. The van der Waals surface area contributed by atoms with Gasteiger partial charge in [0.25, 0.3) is 0 Å². The van der Waals surface area contributed by atoms with Crippen molar-refractivity contribution < 1.29 is 8.42 Å². The van der Waals surface area contributed by atoms with E-state index in [1.807, 2.05) is 49.5 Å². The van der Waals surface area contributed by atoms with Gasteiger partial charge in [-0.05, 0) is 36.6 Å². The van der Waals surface area contributed by atoms with Gasteiger partial charge in [-0.3, -0.25) is 4.72 Å². The van der Waals surface area contributed by atoms with Crippen molar-refractivity contribution >= 4 is 26.7 Å². The minimum atomic E-state index is -3.45. The quantitative estimate of drug-likeness (QED) is 0.773.